The van der Waals surface area contributed by atoms with E-state index < -0.39 is 0 Å². The van der Waals surface area contributed by atoms with E-state index in [0.717, 1.165) is 21.8 Å². The normalized spacial score (nSPS) is 10.0. The molecule has 0 spiro atoms. The van der Waals surface area contributed by atoms with Crippen LogP contribution in [0, 0.1) is 0 Å². The minimum atomic E-state index is 0.810. The van der Waals surface area contributed by atoms with Crippen LogP contribution in [0.1, 0.15) is 0 Å². The standard InChI is InChI=1S/2C8H6N2/c1-3-9-6-8-2-4-10-5-7(1)8;1-3-7-4-2-6-10-8(7)9-5-1/h2*1-6H. The molecule has 4 heteroatoms. The van der Waals surface area contributed by atoms with Crippen molar-refractivity contribution in [1.82, 2.24) is 19.9 Å². The lowest BCUT2D eigenvalue weighted by Crippen LogP contribution is -1.78. The highest BCUT2D eigenvalue weighted by atomic mass is 14.8. The Kier molecular flexibility index (Phi) is 3.55. The van der Waals surface area contributed by atoms with Crippen molar-refractivity contribution in [3.8, 4) is 0 Å². The Balaban J connectivity index is 0.000000121. The summed E-state index contributed by atoms with van der Waals surface area (Å²) in [4.78, 5) is 16.1. The monoisotopic (exact) mass is 260 g/mol. The average Bonchev–Trinajstić information content (AvgIpc) is 2.56. The molecule has 0 bridgehead atoms. The van der Waals surface area contributed by atoms with E-state index in [1.807, 2.05) is 48.8 Å². The van der Waals surface area contributed by atoms with Crippen LogP contribution in [0.3, 0.4) is 0 Å². The molecule has 0 N–H and O–H groups in total. The highest BCUT2D eigenvalue weighted by molar-refractivity contribution is 5.79. The molecule has 96 valence electrons. The second-order valence-corrected chi connectivity index (χ2v) is 4.15. The van der Waals surface area contributed by atoms with Gasteiger partial charge in [-0.15, -0.1) is 0 Å². The fraction of sp³-hybridized carbons (Fsp3) is 0. The second kappa shape index (κ2) is 5.84. The van der Waals surface area contributed by atoms with Crippen LogP contribution in [-0.4, -0.2) is 19.9 Å². The molecule has 0 saturated carbocycles. The smallest absolute Gasteiger partial charge is 0.159 e. The van der Waals surface area contributed by atoms with Crippen molar-refractivity contribution in [1.29, 1.82) is 0 Å². The van der Waals surface area contributed by atoms with Gasteiger partial charge in [0.05, 0.1) is 0 Å². The van der Waals surface area contributed by atoms with E-state index in [1.54, 1.807) is 24.8 Å². The van der Waals surface area contributed by atoms with Gasteiger partial charge in [-0.1, -0.05) is 0 Å². The molecule has 4 aromatic heterocycles. The quantitative estimate of drug-likeness (QED) is 0.487. The van der Waals surface area contributed by atoms with Crippen molar-refractivity contribution in [3.05, 3.63) is 73.6 Å². The third-order valence-electron chi connectivity index (χ3n) is 2.82. The van der Waals surface area contributed by atoms with Crippen LogP contribution >= 0.6 is 0 Å². The lowest BCUT2D eigenvalue weighted by Gasteiger charge is -1.91. The summed E-state index contributed by atoms with van der Waals surface area (Å²) < 4.78 is 0. The predicted molar refractivity (Wildman–Crippen MR) is 79.1 cm³/mol. The first-order valence-corrected chi connectivity index (χ1v) is 6.23. The fourth-order valence-electron chi connectivity index (χ4n) is 1.83. The van der Waals surface area contributed by atoms with E-state index in [2.05, 4.69) is 19.9 Å². The molecule has 4 nitrogen and oxygen atoms in total. The van der Waals surface area contributed by atoms with Crippen molar-refractivity contribution in [2.24, 2.45) is 0 Å². The van der Waals surface area contributed by atoms with Crippen LogP contribution < -0.4 is 0 Å². The van der Waals surface area contributed by atoms with Crippen LogP contribution in [0.5, 0.6) is 0 Å². The van der Waals surface area contributed by atoms with Gasteiger partial charge < -0.3 is 0 Å². The number of hydrogen-bond donors (Lipinski definition) is 0. The minimum Gasteiger partial charge on any atom is -0.264 e. The number of rotatable bonds is 0. The van der Waals surface area contributed by atoms with Crippen LogP contribution in [0.15, 0.2) is 73.6 Å². The van der Waals surface area contributed by atoms with Crippen LogP contribution in [0.25, 0.3) is 21.8 Å². The molecule has 0 aliphatic rings. The van der Waals surface area contributed by atoms with Crippen molar-refractivity contribution < 1.29 is 0 Å². The Morgan fingerprint density at radius 1 is 0.550 bits per heavy atom. The van der Waals surface area contributed by atoms with Gasteiger partial charge in [-0.25, -0.2) is 9.97 Å². The molecule has 0 aromatic carbocycles. The summed E-state index contributed by atoms with van der Waals surface area (Å²) in [5.41, 5.74) is 0.810. The van der Waals surface area contributed by atoms with Gasteiger partial charge in [-0.3, -0.25) is 9.97 Å². The Morgan fingerprint density at radius 3 is 1.60 bits per heavy atom. The summed E-state index contributed by atoms with van der Waals surface area (Å²) in [5.74, 6) is 0. The third kappa shape index (κ3) is 2.75. The summed E-state index contributed by atoms with van der Waals surface area (Å²) in [7, 11) is 0. The molecule has 0 aliphatic heterocycles. The zero-order valence-electron chi connectivity index (χ0n) is 10.7. The van der Waals surface area contributed by atoms with E-state index in [1.165, 1.54) is 0 Å². The maximum atomic E-state index is 4.07. The average molecular weight is 260 g/mol. The Hall–Kier alpha value is -2.88. The number of fused-ring (bicyclic) bond motifs is 2. The van der Waals surface area contributed by atoms with Gasteiger partial charge in [-0.2, -0.15) is 0 Å². The SMILES string of the molecule is c1cc2cnccc2cn1.c1cnc2ncccc2c1. The first kappa shape index (κ1) is 12.2. The third-order valence-corrected chi connectivity index (χ3v) is 2.82. The van der Waals surface area contributed by atoms with Gasteiger partial charge >= 0.3 is 0 Å². The van der Waals surface area contributed by atoms with Crippen LogP contribution in [-0.2, 0) is 0 Å². The van der Waals surface area contributed by atoms with Gasteiger partial charge in [0.25, 0.3) is 0 Å². The van der Waals surface area contributed by atoms with Gasteiger partial charge in [0.2, 0.25) is 0 Å². The lowest BCUT2D eigenvalue weighted by atomic mass is 10.2. The molecule has 0 aliphatic carbocycles. The van der Waals surface area contributed by atoms with E-state index in [0.29, 0.717) is 0 Å². The number of aromatic nitrogens is 4. The summed E-state index contributed by atoms with van der Waals surface area (Å²) in [5, 5.41) is 3.36. The molecule has 20 heavy (non-hydrogen) atoms. The highest BCUT2D eigenvalue weighted by Gasteiger charge is 1.88. The molecule has 4 rings (SSSR count). The maximum Gasteiger partial charge on any atom is 0.159 e. The summed E-state index contributed by atoms with van der Waals surface area (Å²) in [6.45, 7) is 0. The highest BCUT2D eigenvalue weighted by Crippen LogP contribution is 2.07. The molecule has 0 saturated heterocycles. The van der Waals surface area contributed by atoms with Crippen molar-refractivity contribution in [3.63, 3.8) is 0 Å². The molecule has 0 fully saturated rings. The molecule has 0 amide bonds. The zero-order valence-corrected chi connectivity index (χ0v) is 10.7. The van der Waals surface area contributed by atoms with Crippen LogP contribution in [0.2, 0.25) is 0 Å². The first-order chi connectivity index (χ1) is 9.93. The van der Waals surface area contributed by atoms with Crippen molar-refractivity contribution in [2.45, 2.75) is 0 Å². The number of pyridine rings is 4. The van der Waals surface area contributed by atoms with Gasteiger partial charge in [0, 0.05) is 53.3 Å². The molecule has 4 heterocycles. The minimum absolute atomic E-state index is 0.810. The lowest BCUT2D eigenvalue weighted by molar-refractivity contribution is 1.29. The van der Waals surface area contributed by atoms with Gasteiger partial charge in [-0.05, 0) is 36.4 Å². The molecule has 0 radical (unpaired) electrons. The Bertz CT molecular complexity index is 628. The molecule has 0 atom stereocenters. The van der Waals surface area contributed by atoms with Gasteiger partial charge in [0.1, 0.15) is 0 Å². The molecule has 0 unspecified atom stereocenters. The van der Waals surface area contributed by atoms with Crippen molar-refractivity contribution >= 4 is 21.8 Å². The van der Waals surface area contributed by atoms with Crippen molar-refractivity contribution in [2.75, 3.05) is 0 Å². The van der Waals surface area contributed by atoms with Gasteiger partial charge in [0.15, 0.2) is 5.65 Å². The number of hydrogen-bond acceptors (Lipinski definition) is 4. The first-order valence-electron chi connectivity index (χ1n) is 6.23. The largest absolute Gasteiger partial charge is 0.264 e. The van der Waals surface area contributed by atoms with E-state index in [4.69, 9.17) is 0 Å². The predicted octanol–water partition coefficient (Wildman–Crippen LogP) is 3.26. The fourth-order valence-corrected chi connectivity index (χ4v) is 1.83. The Morgan fingerprint density at radius 2 is 1.10 bits per heavy atom. The number of nitrogens with zero attached hydrogens (tertiary/aromatic N) is 4. The zero-order chi connectivity index (χ0) is 13.6. The molecular formula is C16H12N4. The Labute approximate surface area is 116 Å². The summed E-state index contributed by atoms with van der Waals surface area (Å²) >= 11 is 0. The maximum absolute atomic E-state index is 4.07. The van der Waals surface area contributed by atoms with E-state index in [9.17, 15) is 0 Å². The van der Waals surface area contributed by atoms with E-state index >= 15 is 0 Å². The second-order valence-electron chi connectivity index (χ2n) is 4.15. The molecule has 4 aromatic rings. The topological polar surface area (TPSA) is 51.6 Å². The van der Waals surface area contributed by atoms with E-state index in [-0.39, 0.29) is 0 Å². The molecular weight excluding hydrogens is 248 g/mol. The van der Waals surface area contributed by atoms with Crippen LogP contribution in [0.4, 0.5) is 0 Å². The summed E-state index contributed by atoms with van der Waals surface area (Å²) in [6.07, 6.45) is 10.7. The summed E-state index contributed by atoms with van der Waals surface area (Å²) in [6, 6.07) is 11.7.